The van der Waals surface area contributed by atoms with Crippen molar-refractivity contribution in [2.24, 2.45) is 0 Å². The van der Waals surface area contributed by atoms with Gasteiger partial charge in [0.2, 0.25) is 0 Å². The topological polar surface area (TPSA) is 78.9 Å². The van der Waals surface area contributed by atoms with Crippen LogP contribution in [-0.2, 0) is 4.74 Å². The molecule has 2 saturated heterocycles. The fraction of sp³-hybridized carbons (Fsp3) is 0.636. The summed E-state index contributed by atoms with van der Waals surface area (Å²) in [6, 6.07) is 0.0827. The van der Waals surface area contributed by atoms with E-state index >= 15 is 0 Å². The molecule has 8 nitrogen and oxygen atoms in total. The average Bonchev–Trinajstić information content (AvgIpc) is 2.72. The fourth-order valence-corrected chi connectivity index (χ4v) is 4.50. The number of aromatic nitrogens is 2. The maximum atomic E-state index is 13.1. The largest absolute Gasteiger partial charge is 0.445 e. The van der Waals surface area contributed by atoms with Gasteiger partial charge >= 0.3 is 6.09 Å². The molecule has 8 heteroatoms. The zero-order valence-corrected chi connectivity index (χ0v) is 18.6. The van der Waals surface area contributed by atoms with E-state index in [9.17, 15) is 9.59 Å². The smallest absolute Gasteiger partial charge is 0.410 e. The molecule has 0 saturated carbocycles. The number of likely N-dealkylation sites (tertiary alicyclic amines) is 1. The molecular weight excluding hydrogens is 382 g/mol. The first kappa shape index (κ1) is 22.2. The molecule has 2 amide bonds. The predicted octanol–water partition coefficient (Wildman–Crippen LogP) is 2.42. The van der Waals surface area contributed by atoms with Gasteiger partial charge in [0.25, 0.3) is 5.91 Å². The van der Waals surface area contributed by atoms with E-state index in [1.807, 2.05) is 18.7 Å². The van der Waals surface area contributed by atoms with Gasteiger partial charge in [0, 0.05) is 44.3 Å². The number of ether oxygens (including phenoxy) is 1. The first-order valence-corrected chi connectivity index (χ1v) is 10.6. The molecule has 2 fully saturated rings. The molecular formula is C22H33N5O3. The van der Waals surface area contributed by atoms with Crippen LogP contribution in [0.15, 0.2) is 19.0 Å². The molecule has 3 rings (SSSR count). The molecule has 0 unspecified atom stereocenters. The molecule has 0 aliphatic carbocycles. The van der Waals surface area contributed by atoms with Gasteiger partial charge in [-0.3, -0.25) is 9.69 Å². The Morgan fingerprint density at radius 1 is 1.20 bits per heavy atom. The number of nitrogens with zero attached hydrogens (tertiary/aromatic N) is 5. The molecule has 2 aliphatic heterocycles. The minimum Gasteiger partial charge on any atom is -0.445 e. The van der Waals surface area contributed by atoms with Crippen molar-refractivity contribution < 1.29 is 14.3 Å². The molecule has 1 atom stereocenters. The number of carbonyl (C=O) groups excluding carboxylic acids is 2. The highest BCUT2D eigenvalue weighted by Crippen LogP contribution is 2.31. The SMILES string of the molecule is C=CCOC(=O)N1CCN(C2(C)CCN(C(=O)c3c(C)ncnc3C)CC2)C[C@@H]1C. The summed E-state index contributed by atoms with van der Waals surface area (Å²) in [6.45, 7) is 15.5. The Labute approximate surface area is 178 Å². The van der Waals surface area contributed by atoms with Crippen LogP contribution in [0.25, 0.3) is 0 Å². The Morgan fingerprint density at radius 2 is 1.83 bits per heavy atom. The van der Waals surface area contributed by atoms with Crippen LogP contribution in [0.1, 0.15) is 48.4 Å². The zero-order chi connectivity index (χ0) is 21.9. The van der Waals surface area contributed by atoms with Crippen molar-refractivity contribution in [2.75, 3.05) is 39.3 Å². The van der Waals surface area contributed by atoms with E-state index in [4.69, 9.17) is 4.74 Å². The summed E-state index contributed by atoms with van der Waals surface area (Å²) in [5.74, 6) is 0.0239. The highest BCUT2D eigenvalue weighted by atomic mass is 16.6. The Hall–Kier alpha value is -2.48. The van der Waals surface area contributed by atoms with Crippen LogP contribution >= 0.6 is 0 Å². The normalized spacial score (nSPS) is 21.9. The highest BCUT2D eigenvalue weighted by molar-refractivity contribution is 5.96. The van der Waals surface area contributed by atoms with Crippen molar-refractivity contribution >= 4 is 12.0 Å². The lowest BCUT2D eigenvalue weighted by molar-refractivity contribution is -0.0160. The number of piperidine rings is 1. The van der Waals surface area contributed by atoms with Gasteiger partial charge in [0.1, 0.15) is 12.9 Å². The van der Waals surface area contributed by atoms with Gasteiger partial charge in [-0.2, -0.15) is 0 Å². The first-order chi connectivity index (χ1) is 14.3. The molecule has 1 aromatic heterocycles. The summed E-state index contributed by atoms with van der Waals surface area (Å²) in [4.78, 5) is 39.8. The van der Waals surface area contributed by atoms with Gasteiger partial charge < -0.3 is 14.5 Å². The molecule has 30 heavy (non-hydrogen) atoms. The number of hydrogen-bond donors (Lipinski definition) is 0. The minimum atomic E-state index is -0.275. The van der Waals surface area contributed by atoms with Crippen molar-refractivity contribution in [3.05, 3.63) is 35.9 Å². The van der Waals surface area contributed by atoms with Gasteiger partial charge in [-0.05, 0) is 40.5 Å². The number of carbonyl (C=O) groups is 2. The zero-order valence-electron chi connectivity index (χ0n) is 18.6. The molecule has 2 aliphatic rings. The van der Waals surface area contributed by atoms with E-state index < -0.39 is 0 Å². The van der Waals surface area contributed by atoms with Crippen LogP contribution in [0.3, 0.4) is 0 Å². The van der Waals surface area contributed by atoms with Gasteiger partial charge in [-0.1, -0.05) is 12.7 Å². The maximum absolute atomic E-state index is 13.1. The lowest BCUT2D eigenvalue weighted by atomic mass is 9.86. The van der Waals surface area contributed by atoms with E-state index in [1.165, 1.54) is 6.33 Å². The molecule has 1 aromatic rings. The number of piperazine rings is 1. The fourth-order valence-electron chi connectivity index (χ4n) is 4.50. The molecule has 0 radical (unpaired) electrons. The average molecular weight is 416 g/mol. The van der Waals surface area contributed by atoms with Gasteiger partial charge in [0.15, 0.2) is 0 Å². The van der Waals surface area contributed by atoms with Gasteiger partial charge in [-0.15, -0.1) is 0 Å². The summed E-state index contributed by atoms with van der Waals surface area (Å²) in [7, 11) is 0. The lowest BCUT2D eigenvalue weighted by Gasteiger charge is -2.51. The van der Waals surface area contributed by atoms with Gasteiger partial charge in [0.05, 0.1) is 17.0 Å². The van der Waals surface area contributed by atoms with E-state index in [2.05, 4.69) is 35.3 Å². The summed E-state index contributed by atoms with van der Waals surface area (Å²) >= 11 is 0. The van der Waals surface area contributed by atoms with E-state index in [1.54, 1.807) is 11.0 Å². The summed E-state index contributed by atoms with van der Waals surface area (Å²) < 4.78 is 5.20. The Balaban J connectivity index is 1.59. The number of aryl methyl sites for hydroxylation is 2. The maximum Gasteiger partial charge on any atom is 0.410 e. The second-order valence-electron chi connectivity index (χ2n) is 8.56. The van der Waals surface area contributed by atoms with Crippen LogP contribution in [-0.4, -0.2) is 87.6 Å². The van der Waals surface area contributed by atoms with E-state index in [-0.39, 0.29) is 30.2 Å². The molecule has 0 bridgehead atoms. The van der Waals surface area contributed by atoms with E-state index in [0.717, 1.165) is 37.3 Å². The second kappa shape index (κ2) is 9.12. The summed E-state index contributed by atoms with van der Waals surface area (Å²) in [5, 5.41) is 0. The third-order valence-electron chi connectivity index (χ3n) is 6.52. The number of hydrogen-bond acceptors (Lipinski definition) is 6. The van der Waals surface area contributed by atoms with Crippen molar-refractivity contribution in [1.29, 1.82) is 0 Å². The number of amides is 2. The standard InChI is InChI=1S/C22H33N5O3/c1-6-13-30-21(29)27-12-11-26(14-16(27)2)22(5)7-9-25(10-8-22)20(28)19-17(3)23-15-24-18(19)4/h6,15-16H,1,7-14H2,2-5H3/t16-/m0/s1. The lowest BCUT2D eigenvalue weighted by Crippen LogP contribution is -2.62. The monoisotopic (exact) mass is 415 g/mol. The van der Waals surface area contributed by atoms with Crippen LogP contribution < -0.4 is 0 Å². The quantitative estimate of drug-likeness (QED) is 0.703. The first-order valence-electron chi connectivity index (χ1n) is 10.6. The Bertz CT molecular complexity index is 784. The highest BCUT2D eigenvalue weighted by Gasteiger charge is 2.41. The Kier molecular flexibility index (Phi) is 6.75. The van der Waals surface area contributed by atoms with Crippen molar-refractivity contribution in [2.45, 2.75) is 52.1 Å². The molecule has 0 aromatic carbocycles. The molecule has 0 N–H and O–H groups in total. The van der Waals surface area contributed by atoms with E-state index in [0.29, 0.717) is 25.2 Å². The van der Waals surface area contributed by atoms with Crippen molar-refractivity contribution in [3.63, 3.8) is 0 Å². The molecule has 164 valence electrons. The molecule has 3 heterocycles. The Morgan fingerprint density at radius 3 is 2.40 bits per heavy atom. The predicted molar refractivity (Wildman–Crippen MR) is 114 cm³/mol. The third-order valence-corrected chi connectivity index (χ3v) is 6.52. The third kappa shape index (κ3) is 4.48. The number of rotatable bonds is 4. The van der Waals surface area contributed by atoms with Crippen LogP contribution in [0, 0.1) is 13.8 Å². The van der Waals surface area contributed by atoms with Crippen molar-refractivity contribution in [3.8, 4) is 0 Å². The molecule has 0 spiro atoms. The minimum absolute atomic E-state index is 0.0133. The van der Waals surface area contributed by atoms with Crippen LogP contribution in [0.2, 0.25) is 0 Å². The van der Waals surface area contributed by atoms with Crippen molar-refractivity contribution in [1.82, 2.24) is 24.7 Å². The summed E-state index contributed by atoms with van der Waals surface area (Å²) in [6.07, 6.45) is 4.61. The second-order valence-corrected chi connectivity index (χ2v) is 8.56. The summed E-state index contributed by atoms with van der Waals surface area (Å²) in [5.41, 5.74) is 2.10. The van der Waals surface area contributed by atoms with Gasteiger partial charge in [-0.25, -0.2) is 14.8 Å². The van der Waals surface area contributed by atoms with Crippen LogP contribution in [0.5, 0.6) is 0 Å². The van der Waals surface area contributed by atoms with Crippen LogP contribution in [0.4, 0.5) is 4.79 Å².